The highest BCUT2D eigenvalue weighted by molar-refractivity contribution is 7.92. The number of nitrogens with zero attached hydrogens (tertiary/aromatic N) is 2. The van der Waals surface area contributed by atoms with E-state index in [1.165, 1.54) is 4.31 Å². The number of rotatable bonds is 7. The lowest BCUT2D eigenvalue weighted by Gasteiger charge is -2.27. The van der Waals surface area contributed by atoms with E-state index in [-0.39, 0.29) is 23.8 Å². The van der Waals surface area contributed by atoms with Crippen molar-refractivity contribution in [1.29, 1.82) is 5.26 Å². The Kier molecular flexibility index (Phi) is 5.94. The summed E-state index contributed by atoms with van der Waals surface area (Å²) in [6, 6.07) is 15.2. The highest BCUT2D eigenvalue weighted by Crippen LogP contribution is 2.28. The van der Waals surface area contributed by atoms with Crippen molar-refractivity contribution >= 4 is 22.0 Å². The highest BCUT2D eigenvalue weighted by atomic mass is 32.2. The summed E-state index contributed by atoms with van der Waals surface area (Å²) in [5.74, 6) is -0.176. The van der Waals surface area contributed by atoms with Gasteiger partial charge in [-0.15, -0.1) is 0 Å². The average Bonchev–Trinajstić information content (AvgIpc) is 2.60. The van der Waals surface area contributed by atoms with Crippen LogP contribution in [0.3, 0.4) is 0 Å². The SMILES string of the molecule is Cc1ccc(S(=O)(=O)N(CC(C)CC#N)c2ccccc2C=O)cc1. The molecule has 0 radical (unpaired) electrons. The van der Waals surface area contributed by atoms with Crippen molar-refractivity contribution in [3.05, 3.63) is 59.7 Å². The standard InChI is InChI=1S/C19H20N2O3S/c1-15-7-9-18(10-8-15)25(23,24)21(13-16(2)11-12-20)19-6-4-3-5-17(19)14-22/h3-10,14,16H,11,13H2,1-2H3. The fourth-order valence-electron chi connectivity index (χ4n) is 2.48. The predicted octanol–water partition coefficient (Wildman–Crippen LogP) is 3.55. The van der Waals surface area contributed by atoms with Crippen LogP contribution in [-0.2, 0) is 10.0 Å². The Bertz CT molecular complexity index is 884. The molecule has 0 aromatic heterocycles. The minimum absolute atomic E-state index is 0.120. The molecule has 0 N–H and O–H groups in total. The fourth-order valence-corrected chi connectivity index (χ4v) is 4.09. The lowest BCUT2D eigenvalue weighted by atomic mass is 10.1. The van der Waals surface area contributed by atoms with Crippen molar-refractivity contribution in [3.63, 3.8) is 0 Å². The van der Waals surface area contributed by atoms with Gasteiger partial charge in [-0.2, -0.15) is 5.26 Å². The van der Waals surface area contributed by atoms with Gasteiger partial charge >= 0.3 is 0 Å². The molecule has 0 fully saturated rings. The Labute approximate surface area is 148 Å². The second-order valence-electron chi connectivity index (χ2n) is 5.99. The molecule has 0 saturated carbocycles. The number of carbonyl (C=O) groups excluding carboxylic acids is 1. The summed E-state index contributed by atoms with van der Waals surface area (Å²) in [4.78, 5) is 11.5. The number of para-hydroxylation sites is 1. The molecule has 1 unspecified atom stereocenters. The molecule has 25 heavy (non-hydrogen) atoms. The van der Waals surface area contributed by atoms with E-state index < -0.39 is 10.0 Å². The number of carbonyl (C=O) groups is 1. The van der Waals surface area contributed by atoms with Crippen LogP contribution >= 0.6 is 0 Å². The van der Waals surface area contributed by atoms with Crippen molar-refractivity contribution in [3.8, 4) is 6.07 Å². The van der Waals surface area contributed by atoms with Crippen LogP contribution in [-0.4, -0.2) is 21.2 Å². The fraction of sp³-hybridized carbons (Fsp3) is 0.263. The van der Waals surface area contributed by atoms with Crippen LogP contribution < -0.4 is 4.31 Å². The molecule has 0 bridgehead atoms. The summed E-state index contributed by atoms with van der Waals surface area (Å²) in [6.07, 6.45) is 0.866. The summed E-state index contributed by atoms with van der Waals surface area (Å²) >= 11 is 0. The van der Waals surface area contributed by atoms with Gasteiger partial charge < -0.3 is 0 Å². The third-order valence-corrected chi connectivity index (χ3v) is 5.65. The van der Waals surface area contributed by atoms with Crippen LogP contribution in [0.2, 0.25) is 0 Å². The van der Waals surface area contributed by atoms with Crippen LogP contribution in [0, 0.1) is 24.2 Å². The van der Waals surface area contributed by atoms with Gasteiger partial charge in [-0.3, -0.25) is 9.10 Å². The van der Waals surface area contributed by atoms with Gasteiger partial charge in [0.15, 0.2) is 6.29 Å². The number of anilines is 1. The van der Waals surface area contributed by atoms with E-state index in [0.717, 1.165) is 5.56 Å². The van der Waals surface area contributed by atoms with E-state index in [9.17, 15) is 13.2 Å². The Balaban J connectivity index is 2.56. The molecule has 2 rings (SSSR count). The molecule has 6 heteroatoms. The van der Waals surface area contributed by atoms with Gasteiger partial charge in [-0.1, -0.05) is 36.8 Å². The van der Waals surface area contributed by atoms with Gasteiger partial charge in [-0.25, -0.2) is 8.42 Å². The van der Waals surface area contributed by atoms with Crippen LogP contribution in [0.15, 0.2) is 53.4 Å². The summed E-state index contributed by atoms with van der Waals surface area (Å²) in [7, 11) is -3.85. The average molecular weight is 356 g/mol. The maximum Gasteiger partial charge on any atom is 0.264 e. The number of hydrogen-bond acceptors (Lipinski definition) is 4. The largest absolute Gasteiger partial charge is 0.298 e. The topological polar surface area (TPSA) is 78.2 Å². The van der Waals surface area contributed by atoms with E-state index in [2.05, 4.69) is 6.07 Å². The third kappa shape index (κ3) is 4.25. The van der Waals surface area contributed by atoms with Crippen LogP contribution in [0.4, 0.5) is 5.69 Å². The van der Waals surface area contributed by atoms with E-state index in [1.54, 1.807) is 48.5 Å². The van der Waals surface area contributed by atoms with E-state index in [4.69, 9.17) is 5.26 Å². The third-order valence-electron chi connectivity index (χ3n) is 3.86. The van der Waals surface area contributed by atoms with E-state index in [1.807, 2.05) is 13.8 Å². The van der Waals surface area contributed by atoms with Gasteiger partial charge in [0.2, 0.25) is 0 Å². The lowest BCUT2D eigenvalue weighted by molar-refractivity contribution is 0.112. The lowest BCUT2D eigenvalue weighted by Crippen LogP contribution is -2.35. The minimum Gasteiger partial charge on any atom is -0.298 e. The number of aryl methyl sites for hydroxylation is 1. The maximum absolute atomic E-state index is 13.2. The summed E-state index contributed by atoms with van der Waals surface area (Å²) in [5, 5.41) is 8.90. The van der Waals surface area contributed by atoms with Crippen molar-refractivity contribution in [1.82, 2.24) is 0 Å². The van der Waals surface area contributed by atoms with Crippen LogP contribution in [0.1, 0.15) is 29.3 Å². The zero-order chi connectivity index (χ0) is 18.4. The van der Waals surface area contributed by atoms with Crippen molar-refractivity contribution < 1.29 is 13.2 Å². The first-order chi connectivity index (χ1) is 11.9. The zero-order valence-corrected chi connectivity index (χ0v) is 15.0. The molecule has 2 aromatic rings. The smallest absolute Gasteiger partial charge is 0.264 e. The second-order valence-corrected chi connectivity index (χ2v) is 7.86. The van der Waals surface area contributed by atoms with Crippen molar-refractivity contribution in [2.75, 3.05) is 10.8 Å². The number of aldehydes is 1. The molecular weight excluding hydrogens is 336 g/mol. The van der Waals surface area contributed by atoms with Gasteiger partial charge in [0.25, 0.3) is 10.0 Å². The summed E-state index contributed by atoms with van der Waals surface area (Å²) in [6.45, 7) is 3.81. The molecular formula is C19H20N2O3S. The number of nitriles is 1. The number of hydrogen-bond donors (Lipinski definition) is 0. The molecule has 0 aliphatic rings. The van der Waals surface area contributed by atoms with E-state index >= 15 is 0 Å². The minimum atomic E-state index is -3.85. The number of sulfonamides is 1. The first kappa shape index (κ1) is 18.7. The van der Waals surface area contributed by atoms with Gasteiger partial charge in [0.1, 0.15) is 0 Å². The highest BCUT2D eigenvalue weighted by Gasteiger charge is 2.28. The maximum atomic E-state index is 13.2. The molecule has 0 spiro atoms. The monoisotopic (exact) mass is 356 g/mol. The zero-order valence-electron chi connectivity index (χ0n) is 14.2. The van der Waals surface area contributed by atoms with Gasteiger partial charge in [0.05, 0.1) is 16.7 Å². The Hall–Kier alpha value is -2.65. The predicted molar refractivity (Wildman–Crippen MR) is 96.9 cm³/mol. The first-order valence-electron chi connectivity index (χ1n) is 7.90. The molecule has 0 aliphatic carbocycles. The number of benzene rings is 2. The molecule has 130 valence electrons. The first-order valence-corrected chi connectivity index (χ1v) is 9.34. The Morgan fingerprint density at radius 1 is 1.16 bits per heavy atom. The molecule has 0 saturated heterocycles. The molecule has 0 heterocycles. The molecule has 1 atom stereocenters. The van der Waals surface area contributed by atoms with Gasteiger partial charge in [-0.05, 0) is 37.1 Å². The molecule has 5 nitrogen and oxygen atoms in total. The Morgan fingerprint density at radius 2 is 1.80 bits per heavy atom. The van der Waals surface area contributed by atoms with E-state index in [0.29, 0.717) is 17.5 Å². The Morgan fingerprint density at radius 3 is 2.40 bits per heavy atom. The molecule has 2 aromatic carbocycles. The normalized spacial score (nSPS) is 12.2. The molecule has 0 aliphatic heterocycles. The van der Waals surface area contributed by atoms with Crippen LogP contribution in [0.5, 0.6) is 0 Å². The van der Waals surface area contributed by atoms with Crippen LogP contribution in [0.25, 0.3) is 0 Å². The summed E-state index contributed by atoms with van der Waals surface area (Å²) in [5.41, 5.74) is 1.57. The van der Waals surface area contributed by atoms with Crippen molar-refractivity contribution in [2.45, 2.75) is 25.2 Å². The quantitative estimate of drug-likeness (QED) is 0.711. The summed E-state index contributed by atoms with van der Waals surface area (Å²) < 4.78 is 27.6. The van der Waals surface area contributed by atoms with Crippen molar-refractivity contribution in [2.24, 2.45) is 5.92 Å². The van der Waals surface area contributed by atoms with Gasteiger partial charge in [0, 0.05) is 18.5 Å². The molecule has 0 amide bonds. The second kappa shape index (κ2) is 7.95.